The summed E-state index contributed by atoms with van der Waals surface area (Å²) in [6.45, 7) is 11.7. The number of carbonyl (C=O) groups is 2. The van der Waals surface area contributed by atoms with Crippen LogP contribution in [-0.2, 0) is 11.2 Å². The molecule has 1 unspecified atom stereocenters. The monoisotopic (exact) mass is 697 g/mol. The van der Waals surface area contributed by atoms with Crippen LogP contribution < -0.4 is 14.4 Å². The first-order chi connectivity index (χ1) is 23.6. The Balaban J connectivity index is 1.11. The number of hydrogen-bond donors (Lipinski definition) is 0. The van der Waals surface area contributed by atoms with Gasteiger partial charge in [0.05, 0.1) is 23.8 Å². The molecule has 2 amide bonds. The molecule has 2 aliphatic heterocycles. The number of anilines is 1. The number of halogens is 3. The van der Waals surface area contributed by atoms with Gasteiger partial charge in [0.25, 0.3) is 18.2 Å². The molecule has 0 radical (unpaired) electrons. The van der Waals surface area contributed by atoms with Gasteiger partial charge in [-0.2, -0.15) is 0 Å². The Labute approximate surface area is 288 Å². The van der Waals surface area contributed by atoms with Gasteiger partial charge in [0.15, 0.2) is 5.82 Å². The van der Waals surface area contributed by atoms with E-state index >= 15 is 0 Å². The second kappa shape index (κ2) is 13.6. The number of alkyl halides is 2. The first-order valence-electron chi connectivity index (χ1n) is 16.8. The van der Waals surface area contributed by atoms with Gasteiger partial charge in [-0.05, 0) is 78.6 Å². The maximum absolute atomic E-state index is 14.3. The molecule has 3 aromatic rings. The number of carbonyl (C=O) groups excluding carboxylic acids is 2. The summed E-state index contributed by atoms with van der Waals surface area (Å²) < 4.78 is 59.0. The fourth-order valence-electron chi connectivity index (χ4n) is 6.97. The Hall–Kier alpha value is -4.69. The Morgan fingerprint density at radius 3 is 2.52 bits per heavy atom. The third-order valence-corrected chi connectivity index (χ3v) is 9.27. The molecule has 3 aliphatic rings. The summed E-state index contributed by atoms with van der Waals surface area (Å²) >= 11 is 0. The molecule has 1 saturated heterocycles. The number of ether oxygens (including phenoxy) is 3. The molecule has 2 aromatic heterocycles. The lowest BCUT2D eigenvalue weighted by molar-refractivity contribution is -0.0357. The highest BCUT2D eigenvalue weighted by atomic mass is 19.3. The predicted octanol–water partition coefficient (Wildman–Crippen LogP) is 6.22. The van der Waals surface area contributed by atoms with Crippen molar-refractivity contribution < 1.29 is 37.0 Å². The third-order valence-electron chi connectivity index (χ3n) is 9.27. The molecule has 2 fully saturated rings. The highest BCUT2D eigenvalue weighted by Crippen LogP contribution is 2.52. The summed E-state index contributed by atoms with van der Waals surface area (Å²) in [4.78, 5) is 39.9. The molecule has 268 valence electrons. The first-order valence-corrected chi connectivity index (χ1v) is 16.8. The van der Waals surface area contributed by atoms with Crippen molar-refractivity contribution in [3.8, 4) is 17.4 Å². The highest BCUT2D eigenvalue weighted by Gasteiger charge is 2.54. The van der Waals surface area contributed by atoms with Gasteiger partial charge in [0.1, 0.15) is 35.3 Å². The molecule has 1 saturated carbocycles. The molecule has 12 nitrogen and oxygen atoms in total. The number of amides is 2. The molecule has 50 heavy (non-hydrogen) atoms. The van der Waals surface area contributed by atoms with E-state index in [2.05, 4.69) is 20.2 Å². The van der Waals surface area contributed by atoms with Crippen LogP contribution in [-0.4, -0.2) is 92.3 Å². The van der Waals surface area contributed by atoms with Crippen molar-refractivity contribution in [1.82, 2.24) is 30.0 Å². The Kier molecular flexibility index (Phi) is 9.53. The number of pyridine rings is 1. The summed E-state index contributed by atoms with van der Waals surface area (Å²) in [6.07, 6.45) is 2.07. The molecular weight excluding hydrogens is 655 g/mol. The molecule has 1 spiro atoms. The van der Waals surface area contributed by atoms with Crippen LogP contribution in [0.25, 0.3) is 0 Å². The van der Waals surface area contributed by atoms with E-state index in [1.807, 2.05) is 38.7 Å². The van der Waals surface area contributed by atoms with E-state index in [1.54, 1.807) is 24.9 Å². The molecular formula is C35H42F3N7O5. The Morgan fingerprint density at radius 2 is 1.84 bits per heavy atom. The van der Waals surface area contributed by atoms with E-state index in [0.29, 0.717) is 31.9 Å². The van der Waals surface area contributed by atoms with Gasteiger partial charge in [0, 0.05) is 49.3 Å². The van der Waals surface area contributed by atoms with Gasteiger partial charge in [-0.1, -0.05) is 0 Å². The summed E-state index contributed by atoms with van der Waals surface area (Å²) in [5.41, 5.74) is 0.988. The average molecular weight is 698 g/mol. The summed E-state index contributed by atoms with van der Waals surface area (Å²) in [7, 11) is 0. The lowest BCUT2D eigenvalue weighted by atomic mass is 9.61. The van der Waals surface area contributed by atoms with E-state index in [-0.39, 0.29) is 40.8 Å². The maximum Gasteiger partial charge on any atom is 0.410 e. The van der Waals surface area contributed by atoms with Gasteiger partial charge >= 0.3 is 6.09 Å². The Bertz CT molecular complexity index is 1740. The Morgan fingerprint density at radius 1 is 1.10 bits per heavy atom. The zero-order valence-corrected chi connectivity index (χ0v) is 29.0. The SMILES string of the molecule is CC(C)N(CC(F)F)C(=O)c1cc(F)ccc1Oc1nncnc1N1CC2(CC(Oc3ccnc4c3C(C)N(C(=O)OC(C)(C)C)CC4)C2)C1. The van der Waals surface area contributed by atoms with Crippen LogP contribution in [0.2, 0.25) is 0 Å². The first kappa shape index (κ1) is 35.1. The van der Waals surface area contributed by atoms with Gasteiger partial charge in [0.2, 0.25) is 0 Å². The van der Waals surface area contributed by atoms with Crippen molar-refractivity contribution in [1.29, 1.82) is 0 Å². The molecule has 1 aliphatic carbocycles. The quantitative estimate of drug-likeness (QED) is 0.255. The predicted molar refractivity (Wildman–Crippen MR) is 176 cm³/mol. The lowest BCUT2D eigenvalue weighted by Gasteiger charge is -2.58. The second-order valence-corrected chi connectivity index (χ2v) is 14.5. The van der Waals surface area contributed by atoms with Crippen molar-refractivity contribution in [3.05, 3.63) is 59.4 Å². The molecule has 1 atom stereocenters. The molecule has 4 heterocycles. The minimum absolute atomic E-state index is 0.00651. The molecule has 15 heteroatoms. The normalized spacial score (nSPS) is 18.4. The maximum atomic E-state index is 14.3. The van der Waals surface area contributed by atoms with Crippen molar-refractivity contribution >= 4 is 17.8 Å². The van der Waals surface area contributed by atoms with E-state index in [4.69, 9.17) is 14.2 Å². The van der Waals surface area contributed by atoms with E-state index in [0.717, 1.165) is 46.9 Å². The summed E-state index contributed by atoms with van der Waals surface area (Å²) in [6, 6.07) is 4.37. The van der Waals surface area contributed by atoms with Crippen LogP contribution in [0, 0.1) is 11.2 Å². The molecule has 1 aromatic carbocycles. The number of rotatable bonds is 9. The average Bonchev–Trinajstić information content (AvgIpc) is 3.00. The van der Waals surface area contributed by atoms with Crippen molar-refractivity contribution in [2.75, 3.05) is 31.1 Å². The van der Waals surface area contributed by atoms with E-state index < -0.39 is 36.3 Å². The number of benzene rings is 1. The van der Waals surface area contributed by atoms with Gasteiger partial charge in [-0.3, -0.25) is 9.78 Å². The van der Waals surface area contributed by atoms with Crippen LogP contribution in [0.1, 0.15) is 82.0 Å². The van der Waals surface area contributed by atoms with Crippen LogP contribution in [0.3, 0.4) is 0 Å². The van der Waals surface area contributed by atoms with Crippen molar-refractivity contribution in [2.45, 2.75) is 91.0 Å². The van der Waals surface area contributed by atoms with Crippen LogP contribution in [0.5, 0.6) is 17.4 Å². The van der Waals surface area contributed by atoms with Crippen molar-refractivity contribution in [3.63, 3.8) is 0 Å². The summed E-state index contributed by atoms with van der Waals surface area (Å²) in [5.74, 6) is -0.437. The zero-order valence-electron chi connectivity index (χ0n) is 29.0. The third kappa shape index (κ3) is 7.26. The summed E-state index contributed by atoms with van der Waals surface area (Å²) in [5, 5.41) is 7.94. The number of fused-ring (bicyclic) bond motifs is 1. The van der Waals surface area contributed by atoms with Crippen LogP contribution >= 0.6 is 0 Å². The largest absolute Gasteiger partial charge is 0.490 e. The molecule has 0 bridgehead atoms. The minimum Gasteiger partial charge on any atom is -0.490 e. The molecule has 0 N–H and O–H groups in total. The van der Waals surface area contributed by atoms with Crippen LogP contribution in [0.15, 0.2) is 36.8 Å². The lowest BCUT2D eigenvalue weighted by Crippen LogP contribution is -2.65. The van der Waals surface area contributed by atoms with Crippen molar-refractivity contribution in [2.24, 2.45) is 5.41 Å². The second-order valence-electron chi connectivity index (χ2n) is 14.5. The highest BCUT2D eigenvalue weighted by molar-refractivity contribution is 5.97. The molecule has 6 rings (SSSR count). The van der Waals surface area contributed by atoms with E-state index in [1.165, 1.54) is 12.4 Å². The standard InChI is InChI=1S/C35H42F3N7O5/c1-20(2)45(16-28(37)38)32(46)24-13-22(36)7-8-26(24)49-31-30(40-19-41-42-31)43-17-35(18-43)14-23(15-35)48-27-9-11-39-25-10-12-44(21(3)29(25)27)33(47)50-34(4,5)6/h7-9,11,13,19-21,23,28H,10,12,14-18H2,1-6H3. The smallest absolute Gasteiger partial charge is 0.410 e. The fourth-order valence-corrected chi connectivity index (χ4v) is 6.97. The van der Waals surface area contributed by atoms with Gasteiger partial charge in [-0.15, -0.1) is 10.2 Å². The van der Waals surface area contributed by atoms with Gasteiger partial charge in [-0.25, -0.2) is 22.9 Å². The number of nitrogens with zero attached hydrogens (tertiary/aromatic N) is 7. The van der Waals surface area contributed by atoms with Crippen LogP contribution in [0.4, 0.5) is 23.8 Å². The number of hydrogen-bond acceptors (Lipinski definition) is 10. The van der Waals surface area contributed by atoms with E-state index in [9.17, 15) is 22.8 Å². The topological polar surface area (TPSA) is 123 Å². The number of aromatic nitrogens is 4. The van der Waals surface area contributed by atoms with Gasteiger partial charge < -0.3 is 28.9 Å². The minimum atomic E-state index is -2.77. The zero-order chi connectivity index (χ0) is 36.0. The fraction of sp³-hybridized carbons (Fsp3) is 0.543.